The van der Waals surface area contributed by atoms with E-state index >= 15 is 0 Å². The number of anilines is 3. The molecule has 5 aliphatic rings. The fourth-order valence-electron chi connectivity index (χ4n) is 11.9. The molecule has 2 saturated heterocycles. The lowest BCUT2D eigenvalue weighted by molar-refractivity contribution is -0.137. The third-order valence-electron chi connectivity index (χ3n) is 17.0. The van der Waals surface area contributed by atoms with Crippen LogP contribution in [0.5, 0.6) is 23.0 Å². The maximum absolute atomic E-state index is 14.5. The molecule has 0 aliphatic carbocycles. The SMILES string of the molecule is C=C1CN2C(=O)c3cc(OC)c(OCCCCCOc4cc5c(cc4OC)C(=O)N4CC(=C)C[C@@]4(N)[C@H](O)N5C(=O)OC(C)(C)C)cc3N(C(=O)OCc3ccc(NO[C@H](CCCNC(N)=O)N/C=C(\N=N)[C@@H](NC(=O)CCCCCN4C(=O)C=CC4=O)C(C)C)cc3)[C@@H](O)[C@]2(N)C1. The van der Waals surface area contributed by atoms with Crippen LogP contribution in [-0.4, -0.2) is 168 Å². The fraction of sp³-hybridized carbons (Fsp3) is 0.493. The summed E-state index contributed by atoms with van der Waals surface area (Å²) in [6.45, 7) is 17.2. The Morgan fingerprint density at radius 1 is 0.755 bits per heavy atom. The number of aliphatic hydroxyl groups excluding tert-OH is 2. The fourth-order valence-corrected chi connectivity index (χ4v) is 11.9. The number of methoxy groups -OCH3 is 2. The number of nitrogens with two attached hydrogens (primary N) is 3. The minimum atomic E-state index is -1.85. The first-order chi connectivity index (χ1) is 46.5. The van der Waals surface area contributed by atoms with Gasteiger partial charge in [0.25, 0.3) is 23.6 Å². The number of fused-ring (bicyclic) bond motifs is 4. The van der Waals surface area contributed by atoms with Gasteiger partial charge in [0.2, 0.25) is 5.91 Å². The van der Waals surface area contributed by atoms with Crippen molar-refractivity contribution in [2.24, 2.45) is 28.2 Å². The summed E-state index contributed by atoms with van der Waals surface area (Å²) in [6.07, 6.45) is 1.57. The van der Waals surface area contributed by atoms with E-state index in [0.29, 0.717) is 73.8 Å². The van der Waals surface area contributed by atoms with Crippen LogP contribution in [0.15, 0.2) is 102 Å². The zero-order chi connectivity index (χ0) is 71.4. The Bertz CT molecular complexity index is 3580. The molecular formula is C67H90N14O17. The number of carbonyl (C=O) groups excluding carboxylic acids is 8. The van der Waals surface area contributed by atoms with Gasteiger partial charge < -0.3 is 81.6 Å². The Balaban J connectivity index is 0.894. The first kappa shape index (κ1) is 74.0. The zero-order valence-electron chi connectivity index (χ0n) is 56.3. The summed E-state index contributed by atoms with van der Waals surface area (Å²) in [5.41, 5.74) is 27.5. The molecule has 0 unspecified atom stereocenters. The lowest BCUT2D eigenvalue weighted by atomic mass is 10.0. The molecule has 98 heavy (non-hydrogen) atoms. The monoisotopic (exact) mass is 1360 g/mol. The first-order valence-corrected chi connectivity index (χ1v) is 32.3. The topological polar surface area (TPSA) is 420 Å². The van der Waals surface area contributed by atoms with E-state index in [2.05, 4.69) is 39.7 Å². The molecule has 6 atom stereocenters. The number of unbranched alkanes of at least 4 members (excludes halogenated alkanes) is 4. The first-order valence-electron chi connectivity index (χ1n) is 32.3. The summed E-state index contributed by atoms with van der Waals surface area (Å²) >= 11 is 0. The largest absolute Gasteiger partial charge is 0.493 e. The number of amides is 9. The summed E-state index contributed by atoms with van der Waals surface area (Å²) in [5, 5.41) is 36.3. The maximum atomic E-state index is 14.5. The molecule has 5 aliphatic heterocycles. The predicted octanol–water partition coefficient (Wildman–Crippen LogP) is 6.20. The number of hydrogen-bond acceptors (Lipinski definition) is 23. The Morgan fingerprint density at radius 2 is 1.29 bits per heavy atom. The smallest absolute Gasteiger partial charge is 0.417 e. The Labute approximate surface area is 568 Å². The molecule has 0 spiro atoms. The van der Waals surface area contributed by atoms with E-state index in [0.717, 1.165) is 14.7 Å². The number of primary amides is 1. The number of urea groups is 1. The molecule has 0 saturated carbocycles. The highest BCUT2D eigenvalue weighted by molar-refractivity contribution is 6.13. The molecule has 31 nitrogen and oxygen atoms in total. The molecule has 8 rings (SSSR count). The van der Waals surface area contributed by atoms with Crippen molar-refractivity contribution in [1.82, 2.24) is 30.7 Å². The Hall–Kier alpha value is -9.82. The van der Waals surface area contributed by atoms with Crippen LogP contribution >= 0.6 is 0 Å². The van der Waals surface area contributed by atoms with Crippen LogP contribution in [-0.2, 0) is 35.3 Å². The summed E-state index contributed by atoms with van der Waals surface area (Å²) < 4.78 is 35.4. The molecule has 0 aromatic heterocycles. The second-order valence-electron chi connectivity index (χ2n) is 25.9. The van der Waals surface area contributed by atoms with Crippen molar-refractivity contribution in [2.75, 3.05) is 68.9 Å². The molecule has 3 aromatic rings. The molecule has 13 N–H and O–H groups in total. The van der Waals surface area contributed by atoms with Crippen LogP contribution in [0.3, 0.4) is 0 Å². The molecule has 9 amide bonds. The number of hydrogen-bond donors (Lipinski definition) is 10. The average molecular weight is 1360 g/mol. The lowest BCUT2D eigenvalue weighted by Gasteiger charge is -2.40. The van der Waals surface area contributed by atoms with E-state index in [9.17, 15) is 48.6 Å². The summed E-state index contributed by atoms with van der Waals surface area (Å²) in [6, 6.07) is 10.9. The van der Waals surface area contributed by atoms with Crippen molar-refractivity contribution in [1.29, 1.82) is 5.53 Å². The number of aliphatic hydroxyl groups is 2. The van der Waals surface area contributed by atoms with Gasteiger partial charge in [-0.05, 0) is 101 Å². The highest BCUT2D eigenvalue weighted by atomic mass is 16.7. The van der Waals surface area contributed by atoms with Gasteiger partial charge in [-0.1, -0.05) is 56.7 Å². The third kappa shape index (κ3) is 17.3. The number of rotatable bonds is 31. The van der Waals surface area contributed by atoms with Crippen LogP contribution in [0.1, 0.15) is 132 Å². The number of imide groups is 1. The van der Waals surface area contributed by atoms with Gasteiger partial charge in [0.15, 0.2) is 41.7 Å². The van der Waals surface area contributed by atoms with Gasteiger partial charge in [-0.3, -0.25) is 39.2 Å². The minimum absolute atomic E-state index is 0.00108. The van der Waals surface area contributed by atoms with Gasteiger partial charge in [0, 0.05) is 75.9 Å². The maximum Gasteiger partial charge on any atom is 0.417 e. The van der Waals surface area contributed by atoms with Crippen molar-refractivity contribution in [3.8, 4) is 23.0 Å². The van der Waals surface area contributed by atoms with E-state index < -0.39 is 71.7 Å². The third-order valence-corrected chi connectivity index (χ3v) is 17.0. The van der Waals surface area contributed by atoms with Crippen molar-refractivity contribution >= 4 is 64.8 Å². The molecule has 530 valence electrons. The molecule has 2 fully saturated rings. The van der Waals surface area contributed by atoms with Crippen molar-refractivity contribution in [2.45, 2.75) is 154 Å². The molecule has 5 heterocycles. The Kier molecular flexibility index (Phi) is 24.2. The van der Waals surface area contributed by atoms with Gasteiger partial charge >= 0.3 is 18.2 Å². The summed E-state index contributed by atoms with van der Waals surface area (Å²) in [5.74, 6) is -1.69. The van der Waals surface area contributed by atoms with Gasteiger partial charge in [-0.15, -0.1) is 0 Å². The molecular weight excluding hydrogens is 1270 g/mol. The van der Waals surface area contributed by atoms with E-state index in [-0.39, 0.29) is 140 Å². The van der Waals surface area contributed by atoms with Gasteiger partial charge in [-0.25, -0.2) is 29.7 Å². The summed E-state index contributed by atoms with van der Waals surface area (Å²) in [4.78, 5) is 117. The van der Waals surface area contributed by atoms with E-state index in [1.165, 1.54) is 66.6 Å². The summed E-state index contributed by atoms with van der Waals surface area (Å²) in [7, 11) is 2.79. The minimum Gasteiger partial charge on any atom is -0.493 e. The zero-order valence-corrected chi connectivity index (χ0v) is 56.3. The molecule has 31 heteroatoms. The number of nitrogens with zero attached hydrogens (tertiary/aromatic N) is 6. The quantitative estimate of drug-likeness (QED) is 0.00855. The highest BCUT2D eigenvalue weighted by Crippen LogP contribution is 2.47. The van der Waals surface area contributed by atoms with Crippen molar-refractivity contribution in [3.63, 3.8) is 0 Å². The van der Waals surface area contributed by atoms with Gasteiger partial charge in [0.1, 0.15) is 29.2 Å². The van der Waals surface area contributed by atoms with Crippen LogP contribution in [0.4, 0.5) is 31.4 Å². The van der Waals surface area contributed by atoms with Crippen LogP contribution in [0.2, 0.25) is 0 Å². The average Bonchev–Trinajstić information content (AvgIpc) is 1.58. The molecule has 0 bridgehead atoms. The van der Waals surface area contributed by atoms with Crippen LogP contribution in [0, 0.1) is 11.4 Å². The van der Waals surface area contributed by atoms with Crippen molar-refractivity contribution < 1.29 is 81.8 Å². The second kappa shape index (κ2) is 32.0. The van der Waals surface area contributed by atoms with Gasteiger partial charge in [0.05, 0.1) is 61.7 Å². The number of ether oxygens (including phenoxy) is 6. The molecule has 3 aromatic carbocycles. The van der Waals surface area contributed by atoms with E-state index in [4.69, 9.17) is 56.0 Å². The standard InChI is InChI=1S/C67H90N14O17/c1-39(2)57(74-53(82)17-12-10-13-26-77-55(83)23-24-56(77)84)46(75-71)35-73-54(18-16-25-72-62(68)89)98-76-43-21-19-42(20-22-43)38-96-63(90)80-47-31-51(49(92-8)29-44(47)58(85)78-36-40(3)33-66(78,69)60(80)87)94-27-14-11-15-28-95-52-32-48-45(30-50(52)93-9)59(86)79-37-41(4)34-67(79,70)61(88)81(48)64(91)97-65(5,6)7/h19-24,29-32,35,39,54,57,60-61,71,73,76,87-88H,3-4,10-18,25-28,33-34,36-38,69-70H2,1-2,5-9H3,(H,74,82)(H3,68,72,89)/b46-35-,75-71?/t54-,57+,60+,61+,66+,67+/m1/s1. The highest BCUT2D eigenvalue weighted by Gasteiger charge is 2.57. The number of nitrogens with one attached hydrogen (secondary N) is 5. The van der Waals surface area contributed by atoms with Crippen molar-refractivity contribution in [3.05, 3.63) is 114 Å². The van der Waals surface area contributed by atoms with E-state index in [1.807, 2.05) is 13.8 Å². The number of benzene rings is 3. The second-order valence-corrected chi connectivity index (χ2v) is 25.9. The normalized spacial score (nSPS) is 20.4. The molecule has 0 radical (unpaired) electrons. The number of carbonyl (C=O) groups is 8. The van der Waals surface area contributed by atoms with Gasteiger partial charge in [-0.2, -0.15) is 5.11 Å². The predicted molar refractivity (Wildman–Crippen MR) is 357 cm³/mol. The van der Waals surface area contributed by atoms with E-state index in [1.54, 1.807) is 45.0 Å². The Morgan fingerprint density at radius 3 is 1.79 bits per heavy atom. The lowest BCUT2D eigenvalue weighted by Crippen LogP contribution is -2.66. The van der Waals surface area contributed by atoms with Crippen LogP contribution in [0.25, 0.3) is 0 Å². The van der Waals surface area contributed by atoms with Crippen LogP contribution < -0.4 is 67.4 Å².